The van der Waals surface area contributed by atoms with Crippen LogP contribution in [0.3, 0.4) is 0 Å². The smallest absolute Gasteiger partial charge is 0.295 e. The molecule has 3 rings (SSSR count). The number of aromatic nitrogens is 4. The Morgan fingerprint density at radius 2 is 1.81 bits per heavy atom. The third-order valence-electron chi connectivity index (χ3n) is 3.18. The predicted octanol–water partition coefficient (Wildman–Crippen LogP) is -1.60. The maximum atomic E-state index is 12.3. The van der Waals surface area contributed by atoms with Crippen molar-refractivity contribution >= 4 is 39.3 Å². The van der Waals surface area contributed by atoms with Gasteiger partial charge < -0.3 is 0 Å². The molecule has 0 aliphatic carbocycles. The van der Waals surface area contributed by atoms with Crippen molar-refractivity contribution in [2.45, 2.75) is 6.92 Å². The molecule has 9 heteroatoms. The fourth-order valence-corrected chi connectivity index (χ4v) is 3.16. The summed E-state index contributed by atoms with van der Waals surface area (Å²) in [6.45, 7) is 1.34. The van der Waals surface area contributed by atoms with Gasteiger partial charge in [0.2, 0.25) is 0 Å². The van der Waals surface area contributed by atoms with E-state index in [4.69, 9.17) is 0 Å². The van der Waals surface area contributed by atoms with E-state index in [-0.39, 0.29) is 26.4 Å². The highest BCUT2D eigenvalue weighted by Gasteiger charge is 2.18. The quantitative estimate of drug-likeness (QED) is 0.539. The number of carbonyl (C=O) groups excluding carboxylic acids is 1. The molecule has 3 heterocycles. The molecule has 0 aliphatic heterocycles. The minimum absolute atomic E-state index is 0.0408. The van der Waals surface area contributed by atoms with Gasteiger partial charge in [0.1, 0.15) is 0 Å². The number of rotatable bonds is 1. The molecule has 0 spiro atoms. The molecule has 3 aromatic heterocycles. The third-order valence-corrected chi connectivity index (χ3v) is 4.15. The number of Topliss-reactive ketones (excluding diaryl/α,β-unsaturated/α-hetero) is 1. The van der Waals surface area contributed by atoms with Gasteiger partial charge in [-0.15, -0.1) is 0 Å². The zero-order valence-corrected chi connectivity index (χ0v) is 12.2. The van der Waals surface area contributed by atoms with Crippen molar-refractivity contribution in [2.24, 2.45) is 14.1 Å². The first-order chi connectivity index (χ1) is 9.82. The highest BCUT2D eigenvalue weighted by Crippen LogP contribution is 2.10. The maximum absolute atomic E-state index is 12.3. The number of imidazole rings is 1. The Balaban J connectivity index is 2.67. The van der Waals surface area contributed by atoms with E-state index in [2.05, 4.69) is 4.98 Å². The van der Waals surface area contributed by atoms with Crippen LogP contribution in [-0.2, 0) is 18.9 Å². The van der Waals surface area contributed by atoms with Gasteiger partial charge in [-0.25, -0.2) is 9.20 Å². The number of thiazole rings is 1. The first-order valence-electron chi connectivity index (χ1n) is 5.96. The molecular formula is C12H10N4O4S. The first kappa shape index (κ1) is 13.4. The van der Waals surface area contributed by atoms with Crippen LogP contribution in [0.15, 0.2) is 14.4 Å². The lowest BCUT2D eigenvalue weighted by Gasteiger charge is -2.01. The van der Waals surface area contributed by atoms with E-state index in [1.54, 1.807) is 0 Å². The van der Waals surface area contributed by atoms with Gasteiger partial charge in [-0.1, -0.05) is 11.3 Å². The van der Waals surface area contributed by atoms with Crippen LogP contribution in [0.4, 0.5) is 0 Å². The summed E-state index contributed by atoms with van der Waals surface area (Å²) in [6, 6.07) is 0. The number of fused-ring (bicyclic) bond motifs is 3. The van der Waals surface area contributed by atoms with E-state index < -0.39 is 16.8 Å². The molecule has 0 atom stereocenters. The molecule has 0 amide bonds. The van der Waals surface area contributed by atoms with Crippen LogP contribution in [0.1, 0.15) is 6.92 Å². The second-order valence-corrected chi connectivity index (χ2v) is 5.64. The molecule has 0 bridgehead atoms. The van der Waals surface area contributed by atoms with Gasteiger partial charge in [-0.05, 0) is 6.92 Å². The van der Waals surface area contributed by atoms with E-state index in [9.17, 15) is 19.2 Å². The molecule has 0 radical (unpaired) electrons. The monoisotopic (exact) mass is 306 g/mol. The second-order valence-electron chi connectivity index (χ2n) is 4.63. The molecule has 0 saturated carbocycles. The molecule has 108 valence electrons. The normalized spacial score (nSPS) is 12.6. The van der Waals surface area contributed by atoms with E-state index in [1.165, 1.54) is 31.7 Å². The molecule has 8 nitrogen and oxygen atoms in total. The van der Waals surface area contributed by atoms with Crippen LogP contribution < -0.4 is 21.3 Å². The molecule has 0 fully saturated rings. The first-order valence-corrected chi connectivity index (χ1v) is 6.78. The summed E-state index contributed by atoms with van der Waals surface area (Å²) >= 11 is 1.01. The average molecular weight is 306 g/mol. The van der Waals surface area contributed by atoms with Crippen molar-refractivity contribution in [2.75, 3.05) is 0 Å². The summed E-state index contributed by atoms with van der Waals surface area (Å²) in [5.74, 6) is -0.263. The predicted molar refractivity (Wildman–Crippen MR) is 77.7 cm³/mol. The van der Waals surface area contributed by atoms with Crippen molar-refractivity contribution < 1.29 is 4.79 Å². The molecular weight excluding hydrogens is 296 g/mol. The number of hydrogen-bond donors (Lipinski definition) is 0. The van der Waals surface area contributed by atoms with Gasteiger partial charge in [0, 0.05) is 20.2 Å². The third kappa shape index (κ3) is 1.70. The van der Waals surface area contributed by atoms with Crippen molar-refractivity contribution in [1.29, 1.82) is 0 Å². The highest BCUT2D eigenvalue weighted by atomic mass is 32.1. The van der Waals surface area contributed by atoms with Crippen LogP contribution in [0.5, 0.6) is 0 Å². The van der Waals surface area contributed by atoms with Gasteiger partial charge in [0.15, 0.2) is 21.9 Å². The zero-order chi connectivity index (χ0) is 15.5. The average Bonchev–Trinajstić information content (AvgIpc) is 2.92. The van der Waals surface area contributed by atoms with E-state index in [1.807, 2.05) is 0 Å². The minimum Gasteiger partial charge on any atom is -0.295 e. The summed E-state index contributed by atoms with van der Waals surface area (Å²) in [5.41, 5.74) is -1.39. The Morgan fingerprint density at radius 3 is 2.43 bits per heavy atom. The van der Waals surface area contributed by atoms with Gasteiger partial charge in [-0.2, -0.15) is 4.98 Å². The summed E-state index contributed by atoms with van der Waals surface area (Å²) < 4.78 is 3.49. The zero-order valence-electron chi connectivity index (χ0n) is 11.4. The Hall–Kier alpha value is -2.55. The van der Waals surface area contributed by atoms with Crippen LogP contribution >= 0.6 is 11.3 Å². The number of nitrogens with zero attached hydrogens (tertiary/aromatic N) is 4. The fourth-order valence-electron chi connectivity index (χ4n) is 2.16. The molecule has 0 saturated heterocycles. The summed E-state index contributed by atoms with van der Waals surface area (Å²) in [7, 11) is 2.82. The van der Waals surface area contributed by atoms with Crippen LogP contribution in [-0.4, -0.2) is 24.3 Å². The van der Waals surface area contributed by atoms with E-state index in [0.717, 1.165) is 20.3 Å². The molecule has 3 aromatic rings. The van der Waals surface area contributed by atoms with Crippen molar-refractivity contribution in [1.82, 2.24) is 18.5 Å². The molecule has 21 heavy (non-hydrogen) atoms. The van der Waals surface area contributed by atoms with Crippen LogP contribution in [0.2, 0.25) is 0 Å². The maximum Gasteiger partial charge on any atom is 0.332 e. The second kappa shape index (κ2) is 4.22. The van der Waals surface area contributed by atoms with E-state index in [0.29, 0.717) is 0 Å². The van der Waals surface area contributed by atoms with E-state index >= 15 is 0 Å². The van der Waals surface area contributed by atoms with Gasteiger partial charge in [0.25, 0.3) is 11.1 Å². The summed E-state index contributed by atoms with van der Waals surface area (Å²) in [6.07, 6.45) is 1.21. The van der Waals surface area contributed by atoms with Crippen molar-refractivity contribution in [3.8, 4) is 0 Å². The standard InChI is InChI=1S/C12H10N4O4S/c1-5(17)4-6-9(18)16-7-8(13-11(16)21-6)14(2)12(20)15(3)10(7)19/h4H,1-3H3/b6-4+. The lowest BCUT2D eigenvalue weighted by Crippen LogP contribution is -2.38. The number of hydrogen-bond acceptors (Lipinski definition) is 6. The molecule has 0 N–H and O–H groups in total. The SMILES string of the molecule is CC(=O)/C=c1/sc2nc3c(c(=O)n(C)c(=O)n3C)n2c1=O. The number of carbonyl (C=O) groups is 1. The molecule has 0 aliphatic rings. The van der Waals surface area contributed by atoms with Gasteiger partial charge in [-0.3, -0.25) is 23.5 Å². The minimum atomic E-state index is -0.593. The topological polar surface area (TPSA) is 95.4 Å². The molecule has 0 unspecified atom stereocenters. The van der Waals surface area contributed by atoms with Crippen LogP contribution in [0.25, 0.3) is 22.2 Å². The lowest BCUT2D eigenvalue weighted by molar-refractivity contribution is -0.111. The van der Waals surface area contributed by atoms with Crippen LogP contribution in [0, 0.1) is 0 Å². The van der Waals surface area contributed by atoms with Crippen molar-refractivity contribution in [3.05, 3.63) is 35.7 Å². The number of aryl methyl sites for hydroxylation is 1. The fraction of sp³-hybridized carbons (Fsp3) is 0.250. The summed E-state index contributed by atoms with van der Waals surface area (Å²) in [4.78, 5) is 52.0. The van der Waals surface area contributed by atoms with Gasteiger partial charge in [0.05, 0.1) is 4.53 Å². The Kier molecular flexibility index (Phi) is 2.70. The Bertz CT molecular complexity index is 1140. The summed E-state index contributed by atoms with van der Waals surface area (Å²) in [5, 5.41) is 0. The van der Waals surface area contributed by atoms with Gasteiger partial charge >= 0.3 is 5.69 Å². The largest absolute Gasteiger partial charge is 0.332 e. The molecule has 0 aromatic carbocycles. The number of ketones is 1. The Morgan fingerprint density at radius 1 is 1.14 bits per heavy atom. The lowest BCUT2D eigenvalue weighted by atomic mass is 10.4. The Labute approximate surface area is 120 Å². The highest BCUT2D eigenvalue weighted by molar-refractivity contribution is 7.15. The van der Waals surface area contributed by atoms with Crippen molar-refractivity contribution in [3.63, 3.8) is 0 Å².